The minimum atomic E-state index is 1.22. The van der Waals surface area contributed by atoms with E-state index in [9.17, 15) is 0 Å². The molecule has 9 heavy (non-hydrogen) atoms. The molecule has 52 valence electrons. The van der Waals surface area contributed by atoms with Crippen molar-refractivity contribution in [3.8, 4) is 0 Å². The zero-order chi connectivity index (χ0) is 6.95. The van der Waals surface area contributed by atoms with Gasteiger partial charge in [-0.2, -0.15) is 0 Å². The second-order valence-electron chi connectivity index (χ2n) is 1.86. The molecule has 0 rings (SSSR count). The van der Waals surface area contributed by atoms with E-state index in [0.717, 1.165) is 0 Å². The molecule has 0 aliphatic rings. The summed E-state index contributed by atoms with van der Waals surface area (Å²) in [6.45, 7) is 2.06. The second kappa shape index (κ2) is 8.21. The first-order chi connectivity index (χ1) is 4.41. The van der Waals surface area contributed by atoms with E-state index in [2.05, 4.69) is 51.8 Å². The van der Waals surface area contributed by atoms with Gasteiger partial charge in [0.1, 0.15) is 0 Å². The molecule has 0 saturated carbocycles. The van der Waals surface area contributed by atoms with Crippen LogP contribution in [0.5, 0.6) is 0 Å². The fourth-order valence-corrected chi connectivity index (χ4v) is 0.943. The molecule has 0 aliphatic heterocycles. The van der Waals surface area contributed by atoms with Gasteiger partial charge in [-0.05, 0) is 30.3 Å². The highest BCUT2D eigenvalue weighted by Crippen LogP contribution is 1.98. The molecule has 0 aliphatic carbocycles. The topological polar surface area (TPSA) is 0 Å². The quantitative estimate of drug-likeness (QED) is 0.396. The minimum Gasteiger partial charge on any atom is -0.0917 e. The molecule has 0 nitrogen and oxygen atoms in total. The van der Waals surface area contributed by atoms with E-state index in [1.54, 1.807) is 0 Å². The molecule has 0 amide bonds. The molecule has 0 aromatic heterocycles. The van der Waals surface area contributed by atoms with Crippen molar-refractivity contribution in [1.82, 2.24) is 0 Å². The Labute approximate surface area is 71.2 Å². The Balaban J connectivity index is 2.91. The maximum absolute atomic E-state index is 2.25. The van der Waals surface area contributed by atoms with Gasteiger partial charge in [0.2, 0.25) is 0 Å². The summed E-state index contributed by atoms with van der Waals surface area (Å²) in [6, 6.07) is 0. The summed E-state index contributed by atoms with van der Waals surface area (Å²) in [5, 5.41) is 0. The highest BCUT2D eigenvalue weighted by Gasteiger charge is 1.77. The van der Waals surface area contributed by atoms with Crippen LogP contribution in [0, 0.1) is 0 Å². The van der Waals surface area contributed by atoms with Gasteiger partial charge in [-0.15, -0.1) is 0 Å². The zero-order valence-electron chi connectivity index (χ0n) is 5.81. The molecule has 0 aromatic carbocycles. The second-order valence-corrected chi connectivity index (χ2v) is 2.58. The maximum atomic E-state index is 2.25. The number of rotatable bonds is 4. The highest BCUT2D eigenvalue weighted by molar-refractivity contribution is 14.1. The summed E-state index contributed by atoms with van der Waals surface area (Å²) in [6.07, 6.45) is 10.2. The Kier molecular flexibility index (Phi) is 8.40. The van der Waals surface area contributed by atoms with Gasteiger partial charge in [0.15, 0.2) is 0 Å². The monoisotopic (exact) mass is 236 g/mol. The van der Waals surface area contributed by atoms with E-state index < -0.39 is 0 Å². The molecule has 0 radical (unpaired) electrons. The highest BCUT2D eigenvalue weighted by atomic mass is 127. The van der Waals surface area contributed by atoms with E-state index >= 15 is 0 Å². The Hall–Kier alpha value is 0.210. The number of unbranched alkanes of at least 4 members (excludes halogenated alkanes) is 2. The van der Waals surface area contributed by atoms with Crippen LogP contribution in [0.3, 0.4) is 0 Å². The van der Waals surface area contributed by atoms with Crippen LogP contribution in [0.2, 0.25) is 0 Å². The standard InChI is InChI=1S/C8H13I/c1-2-3-4-5-6-7-8-9/h2-3,7-8H,4-6H2,1H3. The van der Waals surface area contributed by atoms with E-state index in [0.29, 0.717) is 0 Å². The smallest absolute Gasteiger partial charge is 0.0274 e. The van der Waals surface area contributed by atoms with E-state index in [1.807, 2.05) is 0 Å². The van der Waals surface area contributed by atoms with Crippen LogP contribution in [0.25, 0.3) is 0 Å². The van der Waals surface area contributed by atoms with E-state index in [1.165, 1.54) is 19.3 Å². The molecule has 0 bridgehead atoms. The third kappa shape index (κ3) is 8.21. The Morgan fingerprint density at radius 2 is 1.89 bits per heavy atom. The predicted molar refractivity (Wildman–Crippen MR) is 51.8 cm³/mol. The lowest BCUT2D eigenvalue weighted by Gasteiger charge is -1.86. The molecule has 0 N–H and O–H groups in total. The van der Waals surface area contributed by atoms with Crippen molar-refractivity contribution >= 4 is 22.6 Å². The van der Waals surface area contributed by atoms with Crippen LogP contribution >= 0.6 is 22.6 Å². The summed E-state index contributed by atoms with van der Waals surface area (Å²) in [4.78, 5) is 0. The SMILES string of the molecule is CC=CCCCC=CI. The van der Waals surface area contributed by atoms with Crippen LogP contribution in [0.15, 0.2) is 22.3 Å². The predicted octanol–water partition coefficient (Wildman–Crippen LogP) is 3.68. The van der Waals surface area contributed by atoms with E-state index in [-0.39, 0.29) is 0 Å². The van der Waals surface area contributed by atoms with Crippen LogP contribution in [-0.4, -0.2) is 0 Å². The van der Waals surface area contributed by atoms with Gasteiger partial charge in [-0.1, -0.05) is 40.8 Å². The molecular formula is C8H13I. The van der Waals surface area contributed by atoms with Crippen LogP contribution in [-0.2, 0) is 0 Å². The molecule has 0 fully saturated rings. The largest absolute Gasteiger partial charge is 0.0917 e. The first-order valence-corrected chi connectivity index (χ1v) is 4.52. The Morgan fingerprint density at radius 3 is 2.44 bits per heavy atom. The van der Waals surface area contributed by atoms with Crippen molar-refractivity contribution in [3.05, 3.63) is 22.3 Å². The van der Waals surface area contributed by atoms with Crippen LogP contribution < -0.4 is 0 Å². The molecule has 0 atom stereocenters. The molecular weight excluding hydrogens is 223 g/mol. The van der Waals surface area contributed by atoms with Crippen molar-refractivity contribution in [3.63, 3.8) is 0 Å². The summed E-state index contributed by atoms with van der Waals surface area (Å²) >= 11 is 2.25. The number of hydrogen-bond acceptors (Lipinski definition) is 0. The van der Waals surface area contributed by atoms with Crippen molar-refractivity contribution in [2.24, 2.45) is 0 Å². The van der Waals surface area contributed by atoms with Gasteiger partial charge in [-0.25, -0.2) is 0 Å². The Morgan fingerprint density at radius 1 is 1.22 bits per heavy atom. The number of hydrogen-bond donors (Lipinski definition) is 0. The van der Waals surface area contributed by atoms with Crippen LogP contribution in [0.4, 0.5) is 0 Å². The normalized spacial score (nSPS) is 11.8. The first-order valence-electron chi connectivity index (χ1n) is 3.28. The lowest BCUT2D eigenvalue weighted by Crippen LogP contribution is -1.66. The average Bonchev–Trinajstić information content (AvgIpc) is 1.89. The third-order valence-electron chi connectivity index (χ3n) is 1.07. The third-order valence-corrected chi connectivity index (χ3v) is 1.57. The molecule has 0 saturated heterocycles. The molecule has 0 heterocycles. The average molecular weight is 236 g/mol. The lowest BCUT2D eigenvalue weighted by atomic mass is 10.2. The lowest BCUT2D eigenvalue weighted by molar-refractivity contribution is 0.868. The molecule has 0 spiro atoms. The fraction of sp³-hybridized carbons (Fsp3) is 0.500. The molecule has 0 unspecified atom stereocenters. The molecule has 0 aromatic rings. The zero-order valence-corrected chi connectivity index (χ0v) is 7.97. The van der Waals surface area contributed by atoms with Gasteiger partial charge < -0.3 is 0 Å². The Bertz CT molecular complexity index is 80.7. The van der Waals surface area contributed by atoms with Gasteiger partial charge in [0, 0.05) is 0 Å². The van der Waals surface area contributed by atoms with Crippen molar-refractivity contribution in [2.75, 3.05) is 0 Å². The van der Waals surface area contributed by atoms with Gasteiger partial charge in [-0.3, -0.25) is 0 Å². The number of allylic oxidation sites excluding steroid dienone is 3. The summed E-state index contributed by atoms with van der Waals surface area (Å²) < 4.78 is 2.08. The number of halogens is 1. The maximum Gasteiger partial charge on any atom is -0.0274 e. The van der Waals surface area contributed by atoms with Crippen molar-refractivity contribution < 1.29 is 0 Å². The fourth-order valence-electron chi connectivity index (χ4n) is 0.583. The van der Waals surface area contributed by atoms with E-state index in [4.69, 9.17) is 0 Å². The van der Waals surface area contributed by atoms with Crippen molar-refractivity contribution in [1.29, 1.82) is 0 Å². The molecule has 1 heteroatoms. The van der Waals surface area contributed by atoms with Gasteiger partial charge >= 0.3 is 0 Å². The van der Waals surface area contributed by atoms with Crippen molar-refractivity contribution in [2.45, 2.75) is 26.2 Å². The minimum absolute atomic E-state index is 1.22. The first kappa shape index (κ1) is 9.21. The summed E-state index contributed by atoms with van der Waals surface area (Å²) in [5.74, 6) is 0. The summed E-state index contributed by atoms with van der Waals surface area (Å²) in [7, 11) is 0. The summed E-state index contributed by atoms with van der Waals surface area (Å²) in [5.41, 5.74) is 0. The van der Waals surface area contributed by atoms with Gasteiger partial charge in [0.05, 0.1) is 0 Å². The van der Waals surface area contributed by atoms with Gasteiger partial charge in [0.25, 0.3) is 0 Å². The van der Waals surface area contributed by atoms with Crippen LogP contribution in [0.1, 0.15) is 26.2 Å².